The van der Waals surface area contributed by atoms with Crippen LogP contribution < -0.4 is 0 Å². The van der Waals surface area contributed by atoms with E-state index >= 15 is 0 Å². The number of hydrogen-bond acceptors (Lipinski definition) is 5. The van der Waals surface area contributed by atoms with E-state index in [2.05, 4.69) is 88.0 Å². The molecule has 3 aromatic carbocycles. The summed E-state index contributed by atoms with van der Waals surface area (Å²) in [7, 11) is 0. The van der Waals surface area contributed by atoms with Gasteiger partial charge in [0.1, 0.15) is 5.75 Å². The Hall–Kier alpha value is -3.80. The van der Waals surface area contributed by atoms with E-state index in [1.165, 1.54) is 5.56 Å². The number of carbonyl (C=O) groups is 1. The Labute approximate surface area is 264 Å². The average molecular weight is 593 g/mol. The van der Waals surface area contributed by atoms with Gasteiger partial charge in [0.25, 0.3) is 0 Å². The molecule has 1 unspecified atom stereocenters. The molecule has 1 N–H and O–H groups in total. The third-order valence-corrected chi connectivity index (χ3v) is 8.41. The quantitative estimate of drug-likeness (QED) is 0.180. The number of nitrogens with zero attached hydrogens (tertiary/aromatic N) is 2. The molecule has 0 spiro atoms. The molecule has 0 amide bonds. The van der Waals surface area contributed by atoms with Crippen molar-refractivity contribution in [1.82, 2.24) is 4.90 Å². The van der Waals surface area contributed by atoms with Gasteiger partial charge in [0.15, 0.2) is 5.78 Å². The van der Waals surface area contributed by atoms with Crippen molar-refractivity contribution in [1.29, 1.82) is 0 Å². The van der Waals surface area contributed by atoms with Crippen LogP contribution in [0.4, 0.5) is 0 Å². The number of carbonyl (C=O) groups excluding carboxylic acids is 1. The van der Waals surface area contributed by atoms with Crippen LogP contribution in [-0.2, 0) is 21.5 Å². The van der Waals surface area contributed by atoms with Gasteiger partial charge in [-0.3, -0.25) is 14.7 Å². The van der Waals surface area contributed by atoms with Crippen molar-refractivity contribution in [3.63, 3.8) is 0 Å². The van der Waals surface area contributed by atoms with E-state index in [1.807, 2.05) is 31.5 Å². The lowest BCUT2D eigenvalue weighted by molar-refractivity contribution is -0.112. The molecule has 5 heteroatoms. The summed E-state index contributed by atoms with van der Waals surface area (Å²) in [6.07, 6.45) is 7.73. The van der Waals surface area contributed by atoms with E-state index < -0.39 is 5.54 Å². The fourth-order valence-electron chi connectivity index (χ4n) is 6.23. The maximum atomic E-state index is 12.7. The van der Waals surface area contributed by atoms with Crippen LogP contribution in [0.25, 0.3) is 5.57 Å². The number of ketones is 1. The first kappa shape index (κ1) is 33.1. The van der Waals surface area contributed by atoms with E-state index in [1.54, 1.807) is 13.0 Å². The Bertz CT molecular complexity index is 1560. The number of rotatable bonds is 11. The summed E-state index contributed by atoms with van der Waals surface area (Å²) in [4.78, 5) is 19.9. The van der Waals surface area contributed by atoms with Crippen LogP contribution in [0, 0.1) is 19.8 Å². The Morgan fingerprint density at radius 3 is 2.32 bits per heavy atom. The molecule has 1 fully saturated rings. The summed E-state index contributed by atoms with van der Waals surface area (Å²) < 4.78 is 5.83. The molecule has 1 atom stereocenters. The summed E-state index contributed by atoms with van der Waals surface area (Å²) in [5.74, 6) is 0.581. The Morgan fingerprint density at radius 2 is 1.68 bits per heavy atom. The number of phenolic OH excluding ortho intramolecular Hbond substituents is 1. The van der Waals surface area contributed by atoms with Crippen molar-refractivity contribution < 1.29 is 14.6 Å². The summed E-state index contributed by atoms with van der Waals surface area (Å²) in [6, 6.07) is 21.1. The predicted octanol–water partition coefficient (Wildman–Crippen LogP) is 8.19. The molecule has 1 aliphatic heterocycles. The maximum Gasteiger partial charge on any atom is 0.153 e. The molecule has 0 aromatic heterocycles. The van der Waals surface area contributed by atoms with Crippen molar-refractivity contribution in [2.24, 2.45) is 10.9 Å². The highest BCUT2D eigenvalue weighted by Crippen LogP contribution is 2.45. The number of allylic oxidation sites excluding steroid dienone is 1. The molecule has 0 bridgehead atoms. The lowest BCUT2D eigenvalue weighted by Gasteiger charge is -2.47. The molecule has 44 heavy (non-hydrogen) atoms. The first-order valence-electron chi connectivity index (χ1n) is 15.8. The van der Waals surface area contributed by atoms with Crippen LogP contribution in [-0.4, -0.2) is 48.3 Å². The number of phenols is 1. The van der Waals surface area contributed by atoms with Gasteiger partial charge in [0, 0.05) is 25.5 Å². The van der Waals surface area contributed by atoms with Crippen molar-refractivity contribution in [3.8, 4) is 5.75 Å². The van der Waals surface area contributed by atoms with Gasteiger partial charge in [-0.15, -0.1) is 0 Å². The highest BCUT2D eigenvalue weighted by atomic mass is 16.5. The normalized spacial score (nSPS) is 16.5. The van der Waals surface area contributed by atoms with Gasteiger partial charge in [-0.2, -0.15) is 0 Å². The topological polar surface area (TPSA) is 62.1 Å². The molecule has 1 aliphatic rings. The molecule has 0 aliphatic carbocycles. The summed E-state index contributed by atoms with van der Waals surface area (Å²) in [5.41, 5.74) is 8.45. The zero-order valence-electron chi connectivity index (χ0n) is 27.5. The smallest absolute Gasteiger partial charge is 0.153 e. The highest BCUT2D eigenvalue weighted by molar-refractivity contribution is 5.99. The molecule has 0 saturated carbocycles. The second kappa shape index (κ2) is 14.8. The van der Waals surface area contributed by atoms with Gasteiger partial charge in [0.05, 0.1) is 18.8 Å². The Morgan fingerprint density at radius 1 is 1.00 bits per heavy atom. The summed E-state index contributed by atoms with van der Waals surface area (Å²) in [5, 5.41) is 11.0. The van der Waals surface area contributed by atoms with Crippen molar-refractivity contribution in [2.45, 2.75) is 66.8 Å². The van der Waals surface area contributed by atoms with Crippen LogP contribution in [0.15, 0.2) is 83.5 Å². The number of aryl methyl sites for hydroxylation is 3. The largest absolute Gasteiger partial charge is 0.508 e. The van der Waals surface area contributed by atoms with Crippen molar-refractivity contribution in [3.05, 3.63) is 117 Å². The summed E-state index contributed by atoms with van der Waals surface area (Å²) >= 11 is 0. The van der Waals surface area contributed by atoms with E-state index in [-0.39, 0.29) is 11.5 Å². The lowest BCUT2D eigenvalue weighted by atomic mass is 9.74. The van der Waals surface area contributed by atoms with E-state index in [0.717, 1.165) is 57.4 Å². The standard InChI is InChI=1S/C39H48N2O3/c1-8-10-32-11-9-12-33(22-32)37(21-31(7)42)36-23-34(15-13-28(36)4)39(41-17-19-44-20-18-41,30(6)26-40-25-27(2)3)35-16-14-29(5)38(43)24-35/h9,11-16,21-27,43H,8,10,17-20H2,1-7H3/b30-26+,37-21-,40-25?. The zero-order chi connectivity index (χ0) is 31.9. The van der Waals surface area contributed by atoms with E-state index in [9.17, 15) is 9.90 Å². The minimum Gasteiger partial charge on any atom is -0.508 e. The molecule has 3 aromatic rings. The molecule has 0 radical (unpaired) electrons. The fourth-order valence-corrected chi connectivity index (χ4v) is 6.23. The molecule has 1 heterocycles. The average Bonchev–Trinajstić information content (AvgIpc) is 2.99. The van der Waals surface area contributed by atoms with E-state index in [0.29, 0.717) is 32.2 Å². The molecular formula is C39H48N2O3. The molecule has 232 valence electrons. The third-order valence-electron chi connectivity index (χ3n) is 8.41. The monoisotopic (exact) mass is 592 g/mol. The lowest BCUT2D eigenvalue weighted by Crippen LogP contribution is -2.53. The number of benzene rings is 3. The van der Waals surface area contributed by atoms with Crippen LogP contribution >= 0.6 is 0 Å². The van der Waals surface area contributed by atoms with Gasteiger partial charge in [-0.1, -0.05) is 75.7 Å². The maximum absolute atomic E-state index is 12.7. The molecule has 4 rings (SSSR count). The first-order chi connectivity index (χ1) is 21.1. The molecule has 5 nitrogen and oxygen atoms in total. The number of morpholine rings is 1. The van der Waals surface area contributed by atoms with E-state index in [4.69, 9.17) is 9.73 Å². The van der Waals surface area contributed by atoms with Gasteiger partial charge < -0.3 is 9.84 Å². The predicted molar refractivity (Wildman–Crippen MR) is 182 cm³/mol. The van der Waals surface area contributed by atoms with Gasteiger partial charge in [-0.25, -0.2) is 0 Å². The second-order valence-electron chi connectivity index (χ2n) is 12.3. The van der Waals surface area contributed by atoms with Crippen molar-refractivity contribution in [2.75, 3.05) is 26.3 Å². The number of ether oxygens (including phenoxy) is 1. The molecule has 1 saturated heterocycles. The first-order valence-corrected chi connectivity index (χ1v) is 15.8. The highest BCUT2D eigenvalue weighted by Gasteiger charge is 2.43. The van der Waals surface area contributed by atoms with Gasteiger partial charge >= 0.3 is 0 Å². The number of hydrogen-bond donors (Lipinski definition) is 1. The van der Waals surface area contributed by atoms with Crippen LogP contribution in [0.5, 0.6) is 5.75 Å². The van der Waals surface area contributed by atoms with Crippen LogP contribution in [0.3, 0.4) is 0 Å². The Balaban J connectivity index is 2.06. The fraction of sp³-hybridized carbons (Fsp3) is 0.385. The SMILES string of the molecule is CCCc1cccc(/C(=C/C(C)=O)c2cc(C(/C(C)=C/N=CC(C)C)(c3ccc(C)c(O)c3)N3CCOCC3)ccc2C)c1. The number of aromatic hydroxyl groups is 1. The van der Waals surface area contributed by atoms with Crippen LogP contribution in [0.1, 0.15) is 80.0 Å². The molecular weight excluding hydrogens is 544 g/mol. The van der Waals surface area contributed by atoms with Crippen molar-refractivity contribution >= 4 is 17.6 Å². The third kappa shape index (κ3) is 7.28. The second-order valence-corrected chi connectivity index (χ2v) is 12.3. The Kier molecular flexibility index (Phi) is 11.1. The minimum atomic E-state index is -0.739. The zero-order valence-corrected chi connectivity index (χ0v) is 27.5. The number of aliphatic imine (C=N–C) groups is 1. The van der Waals surface area contributed by atoms with Crippen LogP contribution in [0.2, 0.25) is 0 Å². The van der Waals surface area contributed by atoms with Gasteiger partial charge in [-0.05, 0) is 108 Å². The van der Waals surface area contributed by atoms with Gasteiger partial charge in [0.2, 0.25) is 0 Å². The summed E-state index contributed by atoms with van der Waals surface area (Å²) in [6.45, 7) is 16.8. The minimum absolute atomic E-state index is 0.00713.